The maximum Gasteiger partial charge on any atom is 0.223 e. The van der Waals surface area contributed by atoms with Crippen molar-refractivity contribution in [2.45, 2.75) is 27.7 Å². The predicted molar refractivity (Wildman–Crippen MR) is 62.5 cm³/mol. The van der Waals surface area contributed by atoms with E-state index in [0.29, 0.717) is 31.6 Å². The molecule has 1 aromatic rings. The van der Waals surface area contributed by atoms with Gasteiger partial charge in [-0.25, -0.2) is 0 Å². The van der Waals surface area contributed by atoms with Gasteiger partial charge < -0.3 is 14.2 Å². The number of aromatic nitrogens is 1. The van der Waals surface area contributed by atoms with Crippen LogP contribution in [0.2, 0.25) is 0 Å². The fraction of sp³-hybridized carbons (Fsp3) is 0.583. The van der Waals surface area contributed by atoms with E-state index < -0.39 is 0 Å². The average molecular weight is 225 g/mol. The van der Waals surface area contributed by atoms with Crippen LogP contribution in [0.4, 0.5) is 0 Å². The Balaban J connectivity index is 3.05. The zero-order chi connectivity index (χ0) is 12.0. The van der Waals surface area contributed by atoms with Crippen LogP contribution < -0.4 is 14.2 Å². The van der Waals surface area contributed by atoms with Gasteiger partial charge in [0.2, 0.25) is 11.8 Å². The monoisotopic (exact) mass is 225 g/mol. The smallest absolute Gasteiger partial charge is 0.223 e. The lowest BCUT2D eigenvalue weighted by Crippen LogP contribution is -2.03. The van der Waals surface area contributed by atoms with Crippen molar-refractivity contribution in [1.29, 1.82) is 0 Å². The van der Waals surface area contributed by atoms with Crippen LogP contribution in [0.25, 0.3) is 0 Å². The molecule has 0 fully saturated rings. The van der Waals surface area contributed by atoms with Gasteiger partial charge in [-0.05, 0) is 27.7 Å². The molecule has 1 aromatic heterocycles. The molecule has 0 saturated carbocycles. The standard InChI is InChI=1S/C12H19NO3/c1-5-14-10-8-11(15-6-2)13-12(9(10)4)16-7-3/h8H,5-7H2,1-4H3. The first-order valence-electron chi connectivity index (χ1n) is 5.62. The van der Waals surface area contributed by atoms with Crippen LogP contribution in [-0.4, -0.2) is 24.8 Å². The van der Waals surface area contributed by atoms with Gasteiger partial charge in [-0.3, -0.25) is 0 Å². The SMILES string of the molecule is CCOc1cc(OCC)c(C)c(OCC)n1. The minimum absolute atomic E-state index is 0.542. The number of hydrogen-bond donors (Lipinski definition) is 0. The fourth-order valence-electron chi connectivity index (χ4n) is 1.35. The molecule has 0 atom stereocenters. The van der Waals surface area contributed by atoms with E-state index in [2.05, 4.69) is 4.98 Å². The Morgan fingerprint density at radius 3 is 2.19 bits per heavy atom. The summed E-state index contributed by atoms with van der Waals surface area (Å²) < 4.78 is 16.3. The molecule has 0 spiro atoms. The largest absolute Gasteiger partial charge is 0.493 e. The van der Waals surface area contributed by atoms with Crippen molar-refractivity contribution < 1.29 is 14.2 Å². The van der Waals surface area contributed by atoms with Gasteiger partial charge in [-0.15, -0.1) is 0 Å². The van der Waals surface area contributed by atoms with E-state index in [-0.39, 0.29) is 0 Å². The van der Waals surface area contributed by atoms with E-state index in [1.807, 2.05) is 27.7 Å². The molecule has 0 aliphatic carbocycles. The zero-order valence-corrected chi connectivity index (χ0v) is 10.4. The maximum atomic E-state index is 5.51. The summed E-state index contributed by atoms with van der Waals surface area (Å²) in [6.07, 6.45) is 0. The summed E-state index contributed by atoms with van der Waals surface area (Å²) >= 11 is 0. The molecule has 0 amide bonds. The molecule has 90 valence electrons. The number of ether oxygens (including phenoxy) is 3. The molecule has 0 saturated heterocycles. The highest BCUT2D eigenvalue weighted by molar-refractivity contribution is 5.42. The van der Waals surface area contributed by atoms with Crippen LogP contribution in [-0.2, 0) is 0 Å². The van der Waals surface area contributed by atoms with Gasteiger partial charge in [0.15, 0.2) is 0 Å². The Hall–Kier alpha value is -1.45. The average Bonchev–Trinajstić information content (AvgIpc) is 2.26. The summed E-state index contributed by atoms with van der Waals surface area (Å²) in [5.74, 6) is 1.89. The summed E-state index contributed by atoms with van der Waals surface area (Å²) in [5.41, 5.74) is 0.909. The molecule has 0 aliphatic heterocycles. The van der Waals surface area contributed by atoms with Crippen molar-refractivity contribution in [3.05, 3.63) is 11.6 Å². The molecule has 4 nitrogen and oxygen atoms in total. The summed E-state index contributed by atoms with van der Waals surface area (Å²) in [6.45, 7) is 9.49. The molecule has 0 bridgehead atoms. The van der Waals surface area contributed by atoms with Crippen molar-refractivity contribution in [2.75, 3.05) is 19.8 Å². The van der Waals surface area contributed by atoms with Gasteiger partial charge in [0, 0.05) is 6.07 Å². The Morgan fingerprint density at radius 2 is 1.62 bits per heavy atom. The Morgan fingerprint density at radius 1 is 1.00 bits per heavy atom. The minimum Gasteiger partial charge on any atom is -0.493 e. The highest BCUT2D eigenvalue weighted by atomic mass is 16.5. The number of rotatable bonds is 6. The molecule has 0 unspecified atom stereocenters. The highest BCUT2D eigenvalue weighted by Crippen LogP contribution is 2.30. The first-order valence-corrected chi connectivity index (χ1v) is 5.62. The minimum atomic E-state index is 0.542. The van der Waals surface area contributed by atoms with Crippen LogP contribution in [0.3, 0.4) is 0 Å². The molecule has 0 radical (unpaired) electrons. The first kappa shape index (κ1) is 12.6. The second-order valence-electron chi connectivity index (χ2n) is 3.19. The summed E-state index contributed by atoms with van der Waals surface area (Å²) in [7, 11) is 0. The number of hydrogen-bond acceptors (Lipinski definition) is 4. The van der Waals surface area contributed by atoms with E-state index in [0.717, 1.165) is 11.3 Å². The second kappa shape index (κ2) is 6.20. The van der Waals surface area contributed by atoms with E-state index in [4.69, 9.17) is 14.2 Å². The third-order valence-electron chi connectivity index (χ3n) is 2.03. The number of nitrogens with zero attached hydrogens (tertiary/aromatic N) is 1. The molecular weight excluding hydrogens is 206 g/mol. The lowest BCUT2D eigenvalue weighted by molar-refractivity contribution is 0.285. The van der Waals surface area contributed by atoms with Crippen molar-refractivity contribution in [3.63, 3.8) is 0 Å². The summed E-state index contributed by atoms with van der Waals surface area (Å²) in [4.78, 5) is 4.27. The van der Waals surface area contributed by atoms with Gasteiger partial charge in [0.05, 0.1) is 25.4 Å². The molecular formula is C12H19NO3. The lowest BCUT2D eigenvalue weighted by atomic mass is 10.2. The van der Waals surface area contributed by atoms with Crippen molar-refractivity contribution in [3.8, 4) is 17.5 Å². The summed E-state index contributed by atoms with van der Waals surface area (Å²) in [5, 5.41) is 0. The van der Waals surface area contributed by atoms with E-state index in [1.165, 1.54) is 0 Å². The van der Waals surface area contributed by atoms with Crippen molar-refractivity contribution in [1.82, 2.24) is 4.98 Å². The third-order valence-corrected chi connectivity index (χ3v) is 2.03. The Kier molecular flexibility index (Phi) is 4.89. The van der Waals surface area contributed by atoms with E-state index >= 15 is 0 Å². The predicted octanol–water partition coefficient (Wildman–Crippen LogP) is 2.59. The maximum absolute atomic E-state index is 5.51. The Labute approximate surface area is 96.5 Å². The van der Waals surface area contributed by atoms with Gasteiger partial charge in [-0.2, -0.15) is 4.98 Å². The van der Waals surface area contributed by atoms with Crippen LogP contribution >= 0.6 is 0 Å². The van der Waals surface area contributed by atoms with Crippen molar-refractivity contribution in [2.24, 2.45) is 0 Å². The van der Waals surface area contributed by atoms with Crippen LogP contribution in [0.1, 0.15) is 26.3 Å². The molecule has 1 rings (SSSR count). The molecule has 0 N–H and O–H groups in total. The third kappa shape index (κ3) is 3.02. The van der Waals surface area contributed by atoms with Crippen LogP contribution in [0.5, 0.6) is 17.5 Å². The van der Waals surface area contributed by atoms with Gasteiger partial charge in [0.25, 0.3) is 0 Å². The van der Waals surface area contributed by atoms with Crippen LogP contribution in [0.15, 0.2) is 6.07 Å². The van der Waals surface area contributed by atoms with Crippen LogP contribution in [0, 0.1) is 6.92 Å². The van der Waals surface area contributed by atoms with Gasteiger partial charge >= 0.3 is 0 Å². The molecule has 0 aromatic carbocycles. The summed E-state index contributed by atoms with van der Waals surface area (Å²) in [6, 6.07) is 1.80. The molecule has 0 aliphatic rings. The normalized spacial score (nSPS) is 10.0. The quantitative estimate of drug-likeness (QED) is 0.746. The molecule has 1 heterocycles. The topological polar surface area (TPSA) is 40.6 Å². The number of pyridine rings is 1. The molecule has 16 heavy (non-hydrogen) atoms. The molecule has 4 heteroatoms. The zero-order valence-electron chi connectivity index (χ0n) is 10.4. The highest BCUT2D eigenvalue weighted by Gasteiger charge is 2.11. The van der Waals surface area contributed by atoms with E-state index in [9.17, 15) is 0 Å². The lowest BCUT2D eigenvalue weighted by Gasteiger charge is -2.13. The van der Waals surface area contributed by atoms with Gasteiger partial charge in [-0.1, -0.05) is 0 Å². The van der Waals surface area contributed by atoms with E-state index in [1.54, 1.807) is 6.07 Å². The first-order chi connectivity index (χ1) is 7.72. The second-order valence-corrected chi connectivity index (χ2v) is 3.19. The fourth-order valence-corrected chi connectivity index (χ4v) is 1.35. The Bertz CT molecular complexity index is 312. The van der Waals surface area contributed by atoms with Crippen molar-refractivity contribution >= 4 is 0 Å². The van der Waals surface area contributed by atoms with Gasteiger partial charge in [0.1, 0.15) is 5.75 Å².